The van der Waals surface area contributed by atoms with Crippen LogP contribution in [0.15, 0.2) is 37.6 Å². The number of nitrogens with zero attached hydrogens (tertiary/aromatic N) is 2. The van der Waals surface area contributed by atoms with Gasteiger partial charge in [-0.1, -0.05) is 13.2 Å². The van der Waals surface area contributed by atoms with Crippen LogP contribution in [0, 0.1) is 0 Å². The predicted octanol–water partition coefficient (Wildman–Crippen LogP) is -1.03. The lowest BCUT2D eigenvalue weighted by atomic mass is 10.5. The molecule has 0 saturated heterocycles. The van der Waals surface area contributed by atoms with Crippen LogP contribution < -0.4 is 16.4 Å². The first-order valence-corrected chi connectivity index (χ1v) is 4.51. The molecule has 16 heavy (non-hydrogen) atoms. The number of rotatable bonds is 4. The van der Waals surface area contributed by atoms with E-state index in [4.69, 9.17) is 0 Å². The van der Waals surface area contributed by atoms with E-state index in [1.54, 1.807) is 12.3 Å². The first-order valence-electron chi connectivity index (χ1n) is 4.51. The summed E-state index contributed by atoms with van der Waals surface area (Å²) < 4.78 is 0. The Morgan fingerprint density at radius 1 is 1.25 bits per heavy atom. The van der Waals surface area contributed by atoms with E-state index in [0.717, 1.165) is 12.2 Å². The molecule has 7 nitrogen and oxygen atoms in total. The third kappa shape index (κ3) is 3.56. The van der Waals surface area contributed by atoms with E-state index in [9.17, 15) is 9.59 Å². The normalized spacial score (nSPS) is 15.4. The number of carbonyl (C=O) groups excluding carboxylic acids is 2. The van der Waals surface area contributed by atoms with Gasteiger partial charge in [-0.15, -0.1) is 10.7 Å². The number of carbonyl (C=O) groups is 2. The minimum absolute atomic E-state index is 0.349. The lowest BCUT2D eigenvalue weighted by Crippen LogP contribution is -2.61. The summed E-state index contributed by atoms with van der Waals surface area (Å²) in [6.45, 7) is 7.10. The van der Waals surface area contributed by atoms with Crippen LogP contribution in [0.25, 0.3) is 0 Å². The Kier molecular flexibility index (Phi) is 4.25. The topological polar surface area (TPSA) is 76.7 Å². The predicted molar refractivity (Wildman–Crippen MR) is 57.5 cm³/mol. The molecule has 0 saturated carbocycles. The monoisotopic (exact) mass is 223 g/mol. The van der Waals surface area contributed by atoms with E-state index in [0.29, 0.717) is 6.54 Å². The Balaban J connectivity index is 2.47. The number of hydrazine groups is 4. The largest absolute Gasteiger partial charge is 0.270 e. The quantitative estimate of drug-likeness (QED) is 0.531. The van der Waals surface area contributed by atoms with E-state index in [-0.39, 0.29) is 11.8 Å². The van der Waals surface area contributed by atoms with Crippen LogP contribution in [0.5, 0.6) is 0 Å². The van der Waals surface area contributed by atoms with Gasteiger partial charge >= 0.3 is 0 Å². The van der Waals surface area contributed by atoms with Crippen LogP contribution in [0.3, 0.4) is 0 Å². The van der Waals surface area contributed by atoms with Crippen LogP contribution in [0.1, 0.15) is 0 Å². The summed E-state index contributed by atoms with van der Waals surface area (Å²) >= 11 is 0. The molecule has 0 bridgehead atoms. The van der Waals surface area contributed by atoms with Gasteiger partial charge in [0.05, 0.1) is 6.54 Å². The molecule has 0 atom stereocenters. The molecule has 7 heteroatoms. The highest BCUT2D eigenvalue weighted by Crippen LogP contribution is 1.91. The van der Waals surface area contributed by atoms with Gasteiger partial charge in [-0.3, -0.25) is 15.0 Å². The Morgan fingerprint density at radius 2 is 1.88 bits per heavy atom. The zero-order chi connectivity index (χ0) is 12.0. The van der Waals surface area contributed by atoms with E-state index >= 15 is 0 Å². The second-order valence-corrected chi connectivity index (χ2v) is 2.83. The maximum atomic E-state index is 11.0. The van der Waals surface area contributed by atoms with Crippen molar-refractivity contribution in [3.05, 3.63) is 37.6 Å². The van der Waals surface area contributed by atoms with Gasteiger partial charge in [-0.2, -0.15) is 0 Å². The molecule has 86 valence electrons. The zero-order valence-electron chi connectivity index (χ0n) is 8.64. The molecular weight excluding hydrogens is 210 g/mol. The summed E-state index contributed by atoms with van der Waals surface area (Å²) in [5, 5.41) is 2.67. The molecule has 0 aliphatic carbocycles. The molecule has 1 heterocycles. The van der Waals surface area contributed by atoms with Gasteiger partial charge in [-0.05, 0) is 18.2 Å². The lowest BCUT2D eigenvalue weighted by molar-refractivity contribution is -0.130. The number of amides is 2. The van der Waals surface area contributed by atoms with Crippen molar-refractivity contribution in [3.8, 4) is 0 Å². The van der Waals surface area contributed by atoms with Gasteiger partial charge in [-0.25, -0.2) is 10.5 Å². The lowest BCUT2D eigenvalue weighted by Gasteiger charge is -2.32. The maximum absolute atomic E-state index is 11.0. The van der Waals surface area contributed by atoms with Gasteiger partial charge in [0.2, 0.25) is 0 Å². The Hall–Kier alpha value is -2.12. The molecule has 0 unspecified atom stereocenters. The number of nitrogens with one attached hydrogen (secondary N) is 3. The molecule has 0 aromatic carbocycles. The minimum Gasteiger partial charge on any atom is -0.270 e. The summed E-state index contributed by atoms with van der Waals surface area (Å²) in [6.07, 6.45) is 5.63. The molecule has 1 rings (SSSR count). The standard InChI is InChI=1S/C9H13N5O2/c1-3-8(15)10-13-6-5-7-14(12-13)11-9(16)4-2/h3-6,12H,1-2,7H2,(H,10,15)(H,11,16). The van der Waals surface area contributed by atoms with Crippen LogP contribution in [0.2, 0.25) is 0 Å². The van der Waals surface area contributed by atoms with E-state index in [1.165, 1.54) is 10.2 Å². The zero-order valence-corrected chi connectivity index (χ0v) is 8.64. The fraction of sp³-hybridized carbons (Fsp3) is 0.111. The summed E-state index contributed by atoms with van der Waals surface area (Å²) in [7, 11) is 0. The van der Waals surface area contributed by atoms with E-state index in [2.05, 4.69) is 29.5 Å². The first-order chi connectivity index (χ1) is 7.65. The van der Waals surface area contributed by atoms with Gasteiger partial charge in [0.15, 0.2) is 0 Å². The highest BCUT2D eigenvalue weighted by molar-refractivity contribution is 5.86. The van der Waals surface area contributed by atoms with Crippen molar-refractivity contribution in [2.75, 3.05) is 6.54 Å². The SMILES string of the molecule is C=CC(=O)NN1C=CCN(NC(=O)C=C)N1. The third-order valence-corrected chi connectivity index (χ3v) is 1.62. The molecule has 0 aromatic heterocycles. The fourth-order valence-electron chi connectivity index (χ4n) is 0.938. The van der Waals surface area contributed by atoms with Crippen molar-refractivity contribution < 1.29 is 9.59 Å². The van der Waals surface area contributed by atoms with Gasteiger partial charge < -0.3 is 0 Å². The number of hydrogen-bond acceptors (Lipinski definition) is 5. The minimum atomic E-state index is -0.367. The second kappa shape index (κ2) is 5.69. The molecule has 0 fully saturated rings. The molecule has 1 aliphatic rings. The van der Waals surface area contributed by atoms with Gasteiger partial charge in [0, 0.05) is 6.20 Å². The second-order valence-electron chi connectivity index (χ2n) is 2.83. The first kappa shape index (κ1) is 12.0. The van der Waals surface area contributed by atoms with E-state index in [1.807, 2.05) is 0 Å². The van der Waals surface area contributed by atoms with Crippen LogP contribution in [0.4, 0.5) is 0 Å². The van der Waals surface area contributed by atoms with Crippen molar-refractivity contribution >= 4 is 11.8 Å². The van der Waals surface area contributed by atoms with Crippen molar-refractivity contribution in [2.45, 2.75) is 0 Å². The van der Waals surface area contributed by atoms with Crippen LogP contribution in [-0.2, 0) is 9.59 Å². The summed E-state index contributed by atoms with van der Waals surface area (Å²) in [4.78, 5) is 22.0. The molecule has 0 radical (unpaired) electrons. The Labute approximate surface area is 93.0 Å². The van der Waals surface area contributed by atoms with E-state index < -0.39 is 0 Å². The highest BCUT2D eigenvalue weighted by Gasteiger charge is 2.13. The highest BCUT2D eigenvalue weighted by atomic mass is 16.2. The Morgan fingerprint density at radius 3 is 2.50 bits per heavy atom. The van der Waals surface area contributed by atoms with Crippen LogP contribution >= 0.6 is 0 Å². The molecule has 0 aromatic rings. The molecule has 0 spiro atoms. The van der Waals surface area contributed by atoms with Crippen molar-refractivity contribution in [2.24, 2.45) is 0 Å². The maximum Gasteiger partial charge on any atom is 0.263 e. The molecule has 1 aliphatic heterocycles. The smallest absolute Gasteiger partial charge is 0.263 e. The molecular formula is C9H13N5O2. The summed E-state index contributed by atoms with van der Waals surface area (Å²) in [5.74, 6) is -0.716. The van der Waals surface area contributed by atoms with Gasteiger partial charge in [0.25, 0.3) is 11.8 Å². The summed E-state index contributed by atoms with van der Waals surface area (Å²) in [6, 6.07) is 0. The van der Waals surface area contributed by atoms with Crippen molar-refractivity contribution in [1.82, 2.24) is 26.6 Å². The van der Waals surface area contributed by atoms with Crippen LogP contribution in [-0.4, -0.2) is 28.6 Å². The van der Waals surface area contributed by atoms with Gasteiger partial charge in [0.1, 0.15) is 0 Å². The average molecular weight is 223 g/mol. The molecule has 2 amide bonds. The van der Waals surface area contributed by atoms with Crippen molar-refractivity contribution in [3.63, 3.8) is 0 Å². The molecule has 3 N–H and O–H groups in total. The Bertz CT molecular complexity index is 339. The third-order valence-electron chi connectivity index (χ3n) is 1.62. The average Bonchev–Trinajstić information content (AvgIpc) is 2.29. The van der Waals surface area contributed by atoms with Crippen molar-refractivity contribution in [1.29, 1.82) is 0 Å². The number of hydrogen-bond donors (Lipinski definition) is 3. The fourth-order valence-corrected chi connectivity index (χ4v) is 0.938. The summed E-state index contributed by atoms with van der Waals surface area (Å²) in [5.41, 5.74) is 7.64.